The maximum atomic E-state index is 14.3. The third-order valence-corrected chi connectivity index (χ3v) is 4.97. The van der Waals surface area contributed by atoms with Crippen LogP contribution >= 0.6 is 11.8 Å². The van der Waals surface area contributed by atoms with Gasteiger partial charge in [0, 0.05) is 16.6 Å². The fraction of sp³-hybridized carbons (Fsp3) is 0.467. The van der Waals surface area contributed by atoms with E-state index in [0.29, 0.717) is 5.92 Å². The van der Waals surface area contributed by atoms with E-state index in [-0.39, 0.29) is 16.7 Å². The highest BCUT2D eigenvalue weighted by atomic mass is 32.2. The largest absolute Gasteiger partial charge is 0.275 e. The van der Waals surface area contributed by atoms with Gasteiger partial charge in [0.2, 0.25) is 5.91 Å². The normalized spacial score (nSPS) is 17.2. The number of thioether (sulfide) groups is 1. The summed E-state index contributed by atoms with van der Waals surface area (Å²) in [6.45, 7) is 0. The van der Waals surface area contributed by atoms with Crippen molar-refractivity contribution in [2.24, 2.45) is 11.8 Å². The van der Waals surface area contributed by atoms with Gasteiger partial charge < -0.3 is 0 Å². The maximum Gasteiger partial charge on any atom is 0.275 e. The molecule has 22 heavy (non-hydrogen) atoms. The summed E-state index contributed by atoms with van der Waals surface area (Å²) in [7, 11) is 0. The lowest BCUT2D eigenvalue weighted by atomic mass is 10.2. The second-order valence-electron chi connectivity index (χ2n) is 5.71. The van der Waals surface area contributed by atoms with Crippen LogP contribution in [0.25, 0.3) is 0 Å². The van der Waals surface area contributed by atoms with Gasteiger partial charge >= 0.3 is 0 Å². The number of amides is 2. The van der Waals surface area contributed by atoms with Gasteiger partial charge in [-0.25, -0.2) is 8.78 Å². The lowest BCUT2D eigenvalue weighted by molar-refractivity contribution is -0.123. The van der Waals surface area contributed by atoms with Crippen molar-refractivity contribution < 1.29 is 18.4 Å². The molecule has 2 aliphatic rings. The minimum Gasteiger partial charge on any atom is -0.273 e. The Morgan fingerprint density at radius 1 is 1.14 bits per heavy atom. The molecule has 1 aromatic rings. The number of hydrogen-bond acceptors (Lipinski definition) is 3. The van der Waals surface area contributed by atoms with E-state index in [9.17, 15) is 18.4 Å². The first-order valence-electron chi connectivity index (χ1n) is 7.27. The molecular formula is C15H16F2N2O2S. The number of nitrogens with one attached hydrogen (secondary N) is 2. The van der Waals surface area contributed by atoms with Crippen molar-refractivity contribution in [3.63, 3.8) is 0 Å². The van der Waals surface area contributed by atoms with Crippen molar-refractivity contribution in [3.8, 4) is 0 Å². The summed E-state index contributed by atoms with van der Waals surface area (Å²) >= 11 is 1.29. The highest BCUT2D eigenvalue weighted by molar-refractivity contribution is 7.99. The molecule has 1 aromatic carbocycles. The van der Waals surface area contributed by atoms with Crippen molar-refractivity contribution in [3.05, 3.63) is 29.3 Å². The van der Waals surface area contributed by atoms with Gasteiger partial charge in [-0.05, 0) is 43.7 Å². The predicted octanol–water partition coefficient (Wildman–Crippen LogP) is 2.64. The second-order valence-corrected chi connectivity index (χ2v) is 6.77. The molecule has 118 valence electrons. The predicted molar refractivity (Wildman–Crippen MR) is 78.1 cm³/mol. The van der Waals surface area contributed by atoms with Crippen molar-refractivity contribution >= 4 is 23.6 Å². The summed E-state index contributed by atoms with van der Waals surface area (Å²) in [5.41, 5.74) is 3.62. The van der Waals surface area contributed by atoms with Crippen LogP contribution in [0.1, 0.15) is 36.0 Å². The van der Waals surface area contributed by atoms with E-state index in [1.807, 2.05) is 0 Å². The van der Waals surface area contributed by atoms with E-state index in [4.69, 9.17) is 0 Å². The highest BCUT2D eigenvalue weighted by Crippen LogP contribution is 2.36. The lowest BCUT2D eigenvalue weighted by Crippen LogP contribution is -2.43. The number of rotatable bonds is 5. The molecule has 0 unspecified atom stereocenters. The van der Waals surface area contributed by atoms with Crippen LogP contribution in [-0.4, -0.2) is 17.6 Å². The molecule has 2 aliphatic carbocycles. The number of benzene rings is 1. The molecule has 0 heterocycles. The van der Waals surface area contributed by atoms with E-state index in [2.05, 4.69) is 10.9 Å². The van der Waals surface area contributed by atoms with Crippen molar-refractivity contribution in [2.75, 3.05) is 5.75 Å². The number of hydrazine groups is 1. The van der Waals surface area contributed by atoms with Crippen LogP contribution in [-0.2, 0) is 4.79 Å². The van der Waals surface area contributed by atoms with Crippen LogP contribution < -0.4 is 10.9 Å². The molecule has 3 rings (SSSR count). The van der Waals surface area contributed by atoms with Crippen LogP contribution in [0.15, 0.2) is 17.0 Å². The molecule has 4 nitrogen and oxygen atoms in total. The molecule has 0 radical (unpaired) electrons. The van der Waals surface area contributed by atoms with E-state index < -0.39 is 23.1 Å². The average molecular weight is 326 g/mol. The van der Waals surface area contributed by atoms with Gasteiger partial charge in [-0.2, -0.15) is 0 Å². The van der Waals surface area contributed by atoms with Crippen molar-refractivity contribution in [1.29, 1.82) is 0 Å². The molecule has 7 heteroatoms. The molecule has 2 N–H and O–H groups in total. The molecule has 0 aliphatic heterocycles. The Hall–Kier alpha value is -1.63. The van der Waals surface area contributed by atoms with Gasteiger partial charge in [0.05, 0.1) is 0 Å². The summed E-state index contributed by atoms with van der Waals surface area (Å²) < 4.78 is 28.1. The molecule has 0 saturated heterocycles. The molecule has 2 amide bonds. The minimum atomic E-state index is -0.974. The van der Waals surface area contributed by atoms with Crippen LogP contribution in [0.5, 0.6) is 0 Å². The van der Waals surface area contributed by atoms with Crippen molar-refractivity contribution in [1.82, 2.24) is 10.9 Å². The summed E-state index contributed by atoms with van der Waals surface area (Å²) in [4.78, 5) is 23.6. The first-order valence-corrected chi connectivity index (χ1v) is 8.26. The number of halogens is 2. The second kappa shape index (κ2) is 6.24. The van der Waals surface area contributed by atoms with Crippen LogP contribution in [0.3, 0.4) is 0 Å². The molecule has 2 saturated carbocycles. The Labute approximate surface area is 131 Å². The summed E-state index contributed by atoms with van der Waals surface area (Å²) in [5.74, 6) is -1.86. The highest BCUT2D eigenvalue weighted by Gasteiger charge is 2.30. The van der Waals surface area contributed by atoms with Crippen LogP contribution in [0.4, 0.5) is 8.78 Å². The number of hydrogen-bond donors (Lipinski definition) is 2. The van der Waals surface area contributed by atoms with Gasteiger partial charge in [0.1, 0.15) is 11.4 Å². The molecule has 0 atom stereocenters. The summed E-state index contributed by atoms with van der Waals surface area (Å²) in [5, 5.41) is 0. The Morgan fingerprint density at radius 2 is 1.86 bits per heavy atom. The Bertz CT molecular complexity index is 616. The molecule has 0 aromatic heterocycles. The van der Waals surface area contributed by atoms with Gasteiger partial charge in [-0.1, -0.05) is 0 Å². The standard InChI is InChI=1S/C15H16F2N2O2S/c16-10-5-6-11(22-7-8-1-2-8)13(17)12(10)15(21)19-18-14(20)9-3-4-9/h5-6,8-9H,1-4,7H2,(H,18,20)(H,19,21). The average Bonchev–Trinajstić information content (AvgIpc) is 3.37. The zero-order chi connectivity index (χ0) is 15.7. The smallest absolute Gasteiger partial charge is 0.273 e. The Balaban J connectivity index is 1.68. The topological polar surface area (TPSA) is 58.2 Å². The third kappa shape index (κ3) is 3.58. The Kier molecular flexibility index (Phi) is 4.33. The molecule has 0 spiro atoms. The van der Waals surface area contributed by atoms with Crippen LogP contribution in [0.2, 0.25) is 0 Å². The number of carbonyl (C=O) groups excluding carboxylic acids is 2. The SMILES string of the molecule is O=C(NNC(=O)C1CC1)c1c(F)ccc(SCC2CC2)c1F. The van der Waals surface area contributed by atoms with Crippen molar-refractivity contribution in [2.45, 2.75) is 30.6 Å². The lowest BCUT2D eigenvalue weighted by Gasteiger charge is -2.10. The summed E-state index contributed by atoms with van der Waals surface area (Å²) in [6, 6.07) is 2.42. The van der Waals surface area contributed by atoms with E-state index >= 15 is 0 Å². The number of carbonyl (C=O) groups is 2. The first kappa shape index (κ1) is 15.3. The minimum absolute atomic E-state index is 0.101. The van der Waals surface area contributed by atoms with E-state index in [0.717, 1.165) is 37.5 Å². The zero-order valence-electron chi connectivity index (χ0n) is 11.8. The molecular weight excluding hydrogens is 310 g/mol. The summed E-state index contributed by atoms with van der Waals surface area (Å²) in [6.07, 6.45) is 3.82. The first-order chi connectivity index (χ1) is 10.6. The van der Waals surface area contributed by atoms with Gasteiger partial charge in [0.15, 0.2) is 5.82 Å². The van der Waals surface area contributed by atoms with Gasteiger partial charge in [-0.15, -0.1) is 11.8 Å². The fourth-order valence-electron chi connectivity index (χ4n) is 1.97. The molecule has 2 fully saturated rings. The molecule has 0 bridgehead atoms. The monoisotopic (exact) mass is 326 g/mol. The third-order valence-electron chi connectivity index (χ3n) is 3.70. The van der Waals surface area contributed by atoms with E-state index in [1.165, 1.54) is 17.8 Å². The Morgan fingerprint density at radius 3 is 2.50 bits per heavy atom. The van der Waals surface area contributed by atoms with Gasteiger partial charge in [-0.3, -0.25) is 20.4 Å². The fourth-order valence-corrected chi connectivity index (χ4v) is 3.12. The quantitative estimate of drug-likeness (QED) is 0.646. The van der Waals surface area contributed by atoms with Gasteiger partial charge in [0.25, 0.3) is 5.91 Å². The van der Waals surface area contributed by atoms with Crippen LogP contribution in [0, 0.1) is 23.5 Å². The maximum absolute atomic E-state index is 14.3. The zero-order valence-corrected chi connectivity index (χ0v) is 12.6. The van der Waals surface area contributed by atoms with E-state index in [1.54, 1.807) is 0 Å².